The maximum Gasteiger partial charge on any atom is 0.277 e. The van der Waals surface area contributed by atoms with Crippen molar-refractivity contribution in [3.63, 3.8) is 0 Å². The van der Waals surface area contributed by atoms with Crippen molar-refractivity contribution >= 4 is 27.7 Å². The summed E-state index contributed by atoms with van der Waals surface area (Å²) in [4.78, 5) is 11.7. The molecule has 0 saturated heterocycles. The first-order valence-corrected chi connectivity index (χ1v) is 8.28. The third-order valence-electron chi connectivity index (χ3n) is 3.00. The molecule has 2 rings (SSSR count). The number of carbonyl (C=O) groups excluding carboxylic acids is 1. The Bertz CT molecular complexity index is 689. The number of carbonyl (C=O) groups is 1. The van der Waals surface area contributed by atoms with Crippen LogP contribution in [0.15, 0.2) is 27.3 Å². The lowest BCUT2D eigenvalue weighted by atomic mass is 10.2. The number of nitrogen functional groups attached to an aromatic ring is 1. The Balaban J connectivity index is 1.72. The molecule has 0 unspecified atom stereocenters. The minimum Gasteiger partial charge on any atom is -0.490 e. The van der Waals surface area contributed by atoms with Gasteiger partial charge in [-0.25, -0.2) is 4.63 Å². The number of aromatic nitrogens is 2. The van der Waals surface area contributed by atoms with Gasteiger partial charge in [0.05, 0.1) is 10.6 Å². The third-order valence-corrected chi connectivity index (χ3v) is 3.62. The second kappa shape index (κ2) is 8.65. The molecular formula is C15H20BrN5O3. The smallest absolute Gasteiger partial charge is 0.277 e. The highest BCUT2D eigenvalue weighted by atomic mass is 79.9. The van der Waals surface area contributed by atoms with E-state index in [2.05, 4.69) is 41.5 Å². The van der Waals surface area contributed by atoms with Crippen LogP contribution in [0.1, 0.15) is 29.9 Å². The van der Waals surface area contributed by atoms with Crippen LogP contribution < -0.4 is 21.1 Å². The molecule has 0 radical (unpaired) electrons. The molecule has 0 saturated carbocycles. The van der Waals surface area contributed by atoms with Crippen LogP contribution in [0, 0.1) is 0 Å². The van der Waals surface area contributed by atoms with Crippen LogP contribution in [0.25, 0.3) is 0 Å². The van der Waals surface area contributed by atoms with Crippen LogP contribution in [-0.4, -0.2) is 35.4 Å². The van der Waals surface area contributed by atoms with Gasteiger partial charge in [0, 0.05) is 19.6 Å². The summed E-state index contributed by atoms with van der Waals surface area (Å²) in [6, 6.07) is 5.93. The van der Waals surface area contributed by atoms with Crippen LogP contribution in [-0.2, 0) is 6.54 Å². The molecule has 0 bridgehead atoms. The van der Waals surface area contributed by atoms with E-state index in [4.69, 9.17) is 10.5 Å². The fraction of sp³-hybridized carbons (Fsp3) is 0.400. The summed E-state index contributed by atoms with van der Waals surface area (Å²) in [6.07, 6.45) is 0.128. The van der Waals surface area contributed by atoms with Crippen molar-refractivity contribution in [2.75, 3.05) is 18.8 Å². The number of ether oxygens (including phenoxy) is 1. The van der Waals surface area contributed by atoms with E-state index in [1.807, 2.05) is 32.0 Å². The molecule has 0 aliphatic carbocycles. The topological polar surface area (TPSA) is 115 Å². The zero-order valence-electron chi connectivity index (χ0n) is 13.5. The maximum absolute atomic E-state index is 11.7. The molecule has 0 atom stereocenters. The summed E-state index contributed by atoms with van der Waals surface area (Å²) in [6.45, 7) is 5.67. The Labute approximate surface area is 148 Å². The lowest BCUT2D eigenvalue weighted by molar-refractivity contribution is 0.0944. The van der Waals surface area contributed by atoms with Crippen molar-refractivity contribution in [3.05, 3.63) is 33.9 Å². The lowest BCUT2D eigenvalue weighted by Crippen LogP contribution is -2.32. The van der Waals surface area contributed by atoms with E-state index >= 15 is 0 Å². The number of anilines is 1. The molecule has 1 aromatic carbocycles. The Morgan fingerprint density at radius 3 is 2.79 bits per heavy atom. The summed E-state index contributed by atoms with van der Waals surface area (Å²) in [7, 11) is 0. The van der Waals surface area contributed by atoms with Gasteiger partial charge in [0.1, 0.15) is 5.75 Å². The number of hydrogen-bond acceptors (Lipinski definition) is 7. The molecule has 130 valence electrons. The van der Waals surface area contributed by atoms with Crippen LogP contribution in [0.3, 0.4) is 0 Å². The fourth-order valence-corrected chi connectivity index (χ4v) is 2.46. The normalized spacial score (nSPS) is 10.8. The molecule has 4 N–H and O–H groups in total. The molecule has 0 aliphatic rings. The number of nitrogens with one attached hydrogen (secondary N) is 2. The highest BCUT2D eigenvalue weighted by Gasteiger charge is 2.14. The zero-order chi connectivity index (χ0) is 17.5. The number of nitrogens with zero attached hydrogens (tertiary/aromatic N) is 2. The van der Waals surface area contributed by atoms with Gasteiger partial charge in [0.25, 0.3) is 5.91 Å². The van der Waals surface area contributed by atoms with E-state index in [0.717, 1.165) is 15.8 Å². The molecule has 24 heavy (non-hydrogen) atoms. The van der Waals surface area contributed by atoms with Crippen LogP contribution in [0.5, 0.6) is 5.75 Å². The van der Waals surface area contributed by atoms with Gasteiger partial charge in [-0.05, 0) is 57.8 Å². The molecule has 0 fully saturated rings. The molecule has 2 aromatic rings. The summed E-state index contributed by atoms with van der Waals surface area (Å²) >= 11 is 3.50. The van der Waals surface area contributed by atoms with Gasteiger partial charge >= 0.3 is 0 Å². The first-order chi connectivity index (χ1) is 11.5. The molecule has 0 spiro atoms. The molecule has 0 aliphatic heterocycles. The quantitative estimate of drug-likeness (QED) is 0.580. The van der Waals surface area contributed by atoms with Crippen LogP contribution in [0.2, 0.25) is 0 Å². The first-order valence-electron chi connectivity index (χ1n) is 7.49. The summed E-state index contributed by atoms with van der Waals surface area (Å²) < 4.78 is 11.0. The molecule has 1 amide bonds. The molecular weight excluding hydrogens is 378 g/mol. The van der Waals surface area contributed by atoms with Crippen molar-refractivity contribution in [3.8, 4) is 5.75 Å². The molecule has 1 heterocycles. The van der Waals surface area contributed by atoms with E-state index in [-0.39, 0.29) is 17.6 Å². The predicted octanol–water partition coefficient (Wildman–Crippen LogP) is 1.72. The highest BCUT2D eigenvalue weighted by Crippen LogP contribution is 2.26. The van der Waals surface area contributed by atoms with Gasteiger partial charge in [-0.1, -0.05) is 6.07 Å². The van der Waals surface area contributed by atoms with Crippen molar-refractivity contribution in [2.45, 2.75) is 26.5 Å². The van der Waals surface area contributed by atoms with E-state index in [1.54, 1.807) is 0 Å². The second-order valence-corrected chi connectivity index (χ2v) is 6.22. The molecule has 9 heteroatoms. The summed E-state index contributed by atoms with van der Waals surface area (Å²) in [5.41, 5.74) is 6.55. The van der Waals surface area contributed by atoms with Crippen LogP contribution >= 0.6 is 15.9 Å². The predicted molar refractivity (Wildman–Crippen MR) is 92.7 cm³/mol. The number of benzene rings is 1. The number of halogens is 1. The minimum atomic E-state index is -0.409. The Morgan fingerprint density at radius 2 is 2.17 bits per heavy atom. The van der Waals surface area contributed by atoms with Crippen molar-refractivity contribution in [1.82, 2.24) is 20.9 Å². The minimum absolute atomic E-state index is 0.000304. The number of hydrogen-bond donors (Lipinski definition) is 3. The van der Waals surface area contributed by atoms with E-state index in [9.17, 15) is 4.79 Å². The van der Waals surface area contributed by atoms with Gasteiger partial charge in [-0.3, -0.25) is 4.79 Å². The number of nitrogens with two attached hydrogens (primary N) is 1. The standard InChI is InChI=1S/C15H20BrN5O3/c1-9(2)23-12-4-3-10(7-11(12)16)8-18-5-6-19-15(22)13-14(17)21-24-20-13/h3-4,7,9,18H,5-6,8H2,1-2H3,(H2,17,21)(H,19,22). The van der Waals surface area contributed by atoms with Gasteiger partial charge in [0.15, 0.2) is 0 Å². The first kappa shape index (κ1) is 18.2. The number of rotatable bonds is 8. The Kier molecular flexibility index (Phi) is 6.56. The van der Waals surface area contributed by atoms with E-state index in [0.29, 0.717) is 19.6 Å². The molecule has 8 nitrogen and oxygen atoms in total. The van der Waals surface area contributed by atoms with Crippen molar-refractivity contribution in [1.29, 1.82) is 0 Å². The molecule has 1 aromatic heterocycles. The average molecular weight is 398 g/mol. The second-order valence-electron chi connectivity index (χ2n) is 5.36. The van der Waals surface area contributed by atoms with Crippen molar-refractivity contribution < 1.29 is 14.2 Å². The highest BCUT2D eigenvalue weighted by molar-refractivity contribution is 9.10. The largest absolute Gasteiger partial charge is 0.490 e. The van der Waals surface area contributed by atoms with E-state index < -0.39 is 5.91 Å². The monoisotopic (exact) mass is 397 g/mol. The van der Waals surface area contributed by atoms with Gasteiger partial charge in [0.2, 0.25) is 11.5 Å². The average Bonchev–Trinajstić information content (AvgIpc) is 2.95. The van der Waals surface area contributed by atoms with Gasteiger partial charge in [-0.2, -0.15) is 0 Å². The Hall–Kier alpha value is -2.13. The van der Waals surface area contributed by atoms with Crippen LogP contribution in [0.4, 0.5) is 5.82 Å². The van der Waals surface area contributed by atoms with Crippen molar-refractivity contribution in [2.24, 2.45) is 0 Å². The van der Waals surface area contributed by atoms with Gasteiger partial charge < -0.3 is 21.1 Å². The lowest BCUT2D eigenvalue weighted by Gasteiger charge is -2.13. The maximum atomic E-state index is 11.7. The summed E-state index contributed by atoms with van der Waals surface area (Å²) in [5.74, 6) is 0.391. The third kappa shape index (κ3) is 5.20. The fourth-order valence-electron chi connectivity index (χ4n) is 1.94. The van der Waals surface area contributed by atoms with E-state index in [1.165, 1.54) is 0 Å². The number of amides is 1. The van der Waals surface area contributed by atoms with Gasteiger partial charge in [-0.15, -0.1) is 0 Å². The SMILES string of the molecule is CC(C)Oc1ccc(CNCCNC(=O)c2nonc2N)cc1Br. The summed E-state index contributed by atoms with van der Waals surface area (Å²) in [5, 5.41) is 12.7. The zero-order valence-corrected chi connectivity index (χ0v) is 15.1. The Morgan fingerprint density at radius 1 is 1.38 bits per heavy atom.